The van der Waals surface area contributed by atoms with E-state index in [1.807, 2.05) is 24.3 Å². The average Bonchev–Trinajstić information content (AvgIpc) is 2.84. The largest absolute Gasteiger partial charge is 0.330 e. The van der Waals surface area contributed by atoms with Crippen LogP contribution < -0.4 is 9.80 Å². The van der Waals surface area contributed by atoms with Crippen LogP contribution >= 0.6 is 0 Å². The fraction of sp³-hybridized carbons (Fsp3) is 0.0714. The molecular weight excluding hydrogens is 364 g/mol. The summed E-state index contributed by atoms with van der Waals surface area (Å²) < 4.78 is 0. The van der Waals surface area contributed by atoms with Crippen LogP contribution in [0.25, 0.3) is 0 Å². The first-order valence-electron chi connectivity index (χ1n) is 10.1. The quantitative estimate of drug-likeness (QED) is 0.341. The van der Waals surface area contributed by atoms with E-state index < -0.39 is 0 Å². The summed E-state index contributed by atoms with van der Waals surface area (Å²) in [6.07, 6.45) is 0. The molecule has 0 unspecified atom stereocenters. The highest BCUT2D eigenvalue weighted by Gasteiger charge is 2.08. The second-order valence-corrected chi connectivity index (χ2v) is 6.87. The van der Waals surface area contributed by atoms with Crippen LogP contribution in [0.1, 0.15) is 0 Å². The SMILES string of the molecule is C(#CCN(c1ccccc1)c1ccccc1)CN(c1ccccc1)c1ccccc1. The number of nitrogens with zero attached hydrogens (tertiary/aromatic N) is 2. The van der Waals surface area contributed by atoms with E-state index in [0.29, 0.717) is 13.1 Å². The van der Waals surface area contributed by atoms with Gasteiger partial charge in [0, 0.05) is 22.7 Å². The molecule has 4 aromatic carbocycles. The maximum Gasteiger partial charge on any atom is 0.0843 e. The summed E-state index contributed by atoms with van der Waals surface area (Å²) in [4.78, 5) is 4.48. The number of para-hydroxylation sites is 4. The Bertz CT molecular complexity index is 914. The Balaban J connectivity index is 1.55. The van der Waals surface area contributed by atoms with Gasteiger partial charge in [-0.3, -0.25) is 0 Å². The van der Waals surface area contributed by atoms with E-state index in [4.69, 9.17) is 0 Å². The summed E-state index contributed by atoms with van der Waals surface area (Å²) in [5.41, 5.74) is 4.56. The minimum atomic E-state index is 0.630. The van der Waals surface area contributed by atoms with Gasteiger partial charge >= 0.3 is 0 Å². The molecule has 4 rings (SSSR count). The molecule has 0 radical (unpaired) electrons. The fourth-order valence-electron chi connectivity index (χ4n) is 3.36. The smallest absolute Gasteiger partial charge is 0.0843 e. The van der Waals surface area contributed by atoms with Crippen molar-refractivity contribution in [3.05, 3.63) is 121 Å². The molecule has 0 bridgehead atoms. The maximum absolute atomic E-state index is 3.39. The lowest BCUT2D eigenvalue weighted by atomic mass is 10.2. The van der Waals surface area contributed by atoms with Gasteiger partial charge in [-0.15, -0.1) is 0 Å². The summed E-state index contributed by atoms with van der Waals surface area (Å²) in [6.45, 7) is 1.26. The highest BCUT2D eigenvalue weighted by molar-refractivity contribution is 5.65. The molecule has 30 heavy (non-hydrogen) atoms. The molecule has 0 atom stereocenters. The highest BCUT2D eigenvalue weighted by atomic mass is 15.1. The molecule has 0 amide bonds. The molecule has 4 aromatic rings. The van der Waals surface area contributed by atoms with E-state index in [0.717, 1.165) is 22.7 Å². The summed E-state index contributed by atoms with van der Waals surface area (Å²) >= 11 is 0. The van der Waals surface area contributed by atoms with Gasteiger partial charge in [0.25, 0.3) is 0 Å². The van der Waals surface area contributed by atoms with Gasteiger partial charge in [0.1, 0.15) is 0 Å². The minimum absolute atomic E-state index is 0.630. The third-order valence-corrected chi connectivity index (χ3v) is 4.87. The molecule has 0 aromatic heterocycles. The molecule has 0 spiro atoms. The number of benzene rings is 4. The molecule has 0 heterocycles. The van der Waals surface area contributed by atoms with Crippen molar-refractivity contribution < 1.29 is 0 Å². The molecule has 146 valence electrons. The Kier molecular flexibility index (Phi) is 6.45. The zero-order valence-corrected chi connectivity index (χ0v) is 16.9. The highest BCUT2D eigenvalue weighted by Crippen LogP contribution is 2.25. The van der Waals surface area contributed by atoms with Gasteiger partial charge in [-0.25, -0.2) is 0 Å². The number of anilines is 4. The fourth-order valence-corrected chi connectivity index (χ4v) is 3.36. The van der Waals surface area contributed by atoms with E-state index in [1.54, 1.807) is 0 Å². The molecule has 2 heteroatoms. The summed E-state index contributed by atoms with van der Waals surface area (Å²) in [6, 6.07) is 41.6. The van der Waals surface area contributed by atoms with Gasteiger partial charge in [-0.2, -0.15) is 0 Å². The number of hydrogen-bond donors (Lipinski definition) is 0. The van der Waals surface area contributed by atoms with Crippen LogP contribution in [0.15, 0.2) is 121 Å². The predicted molar refractivity (Wildman–Crippen MR) is 128 cm³/mol. The van der Waals surface area contributed by atoms with E-state index in [1.165, 1.54) is 0 Å². The topological polar surface area (TPSA) is 6.48 Å². The summed E-state index contributed by atoms with van der Waals surface area (Å²) in [5, 5.41) is 0. The first kappa shape index (κ1) is 19.4. The van der Waals surface area contributed by atoms with Crippen LogP contribution in [-0.4, -0.2) is 13.1 Å². The molecule has 2 nitrogen and oxygen atoms in total. The van der Waals surface area contributed by atoms with Gasteiger partial charge < -0.3 is 9.80 Å². The lowest BCUT2D eigenvalue weighted by Gasteiger charge is -2.23. The van der Waals surface area contributed by atoms with Crippen molar-refractivity contribution in [1.82, 2.24) is 0 Å². The first-order chi connectivity index (χ1) is 14.9. The lowest BCUT2D eigenvalue weighted by Crippen LogP contribution is -2.19. The Labute approximate surface area is 179 Å². The van der Waals surface area contributed by atoms with E-state index in [2.05, 4.69) is 119 Å². The van der Waals surface area contributed by atoms with Crippen molar-refractivity contribution in [2.75, 3.05) is 22.9 Å². The number of rotatable bonds is 6. The van der Waals surface area contributed by atoms with Crippen LogP contribution in [0.2, 0.25) is 0 Å². The van der Waals surface area contributed by atoms with Gasteiger partial charge in [0.05, 0.1) is 13.1 Å². The van der Waals surface area contributed by atoms with Crippen molar-refractivity contribution in [3.63, 3.8) is 0 Å². The van der Waals surface area contributed by atoms with E-state index in [-0.39, 0.29) is 0 Å². The third-order valence-electron chi connectivity index (χ3n) is 4.87. The van der Waals surface area contributed by atoms with Crippen molar-refractivity contribution in [3.8, 4) is 11.8 Å². The van der Waals surface area contributed by atoms with E-state index in [9.17, 15) is 0 Å². The normalized spacial score (nSPS) is 10.0. The molecule has 0 saturated heterocycles. The zero-order valence-electron chi connectivity index (χ0n) is 16.9. The van der Waals surface area contributed by atoms with Crippen LogP contribution in [0.3, 0.4) is 0 Å². The Morgan fingerprint density at radius 1 is 0.367 bits per heavy atom. The van der Waals surface area contributed by atoms with Crippen LogP contribution in [-0.2, 0) is 0 Å². The van der Waals surface area contributed by atoms with Crippen LogP contribution in [0, 0.1) is 11.8 Å². The average molecular weight is 389 g/mol. The summed E-state index contributed by atoms with van der Waals surface area (Å²) in [7, 11) is 0. The van der Waals surface area contributed by atoms with Crippen molar-refractivity contribution >= 4 is 22.7 Å². The standard InChI is InChI=1S/C28H24N2/c1-5-15-25(16-6-1)29(26-17-7-2-8-18-26)23-13-14-24-30(27-19-9-3-10-20-27)28-21-11-4-12-22-28/h1-12,15-22H,23-24H2. The molecule has 0 fully saturated rings. The van der Waals surface area contributed by atoms with Crippen molar-refractivity contribution in [2.24, 2.45) is 0 Å². The van der Waals surface area contributed by atoms with Gasteiger partial charge in [0.15, 0.2) is 0 Å². The molecule has 0 N–H and O–H groups in total. The zero-order chi connectivity index (χ0) is 20.4. The summed E-state index contributed by atoms with van der Waals surface area (Å²) in [5.74, 6) is 6.77. The molecule has 0 aliphatic carbocycles. The van der Waals surface area contributed by atoms with Crippen LogP contribution in [0.4, 0.5) is 22.7 Å². The molecule has 0 aliphatic heterocycles. The Hall–Kier alpha value is -3.96. The Morgan fingerprint density at radius 3 is 0.833 bits per heavy atom. The predicted octanol–water partition coefficient (Wildman–Crippen LogP) is 6.67. The third kappa shape index (κ3) is 4.90. The maximum atomic E-state index is 3.39. The number of hydrogen-bond acceptors (Lipinski definition) is 2. The second kappa shape index (κ2) is 10.0. The van der Waals surface area contributed by atoms with E-state index >= 15 is 0 Å². The van der Waals surface area contributed by atoms with Crippen molar-refractivity contribution in [2.45, 2.75) is 0 Å². The molecular formula is C28H24N2. The minimum Gasteiger partial charge on any atom is -0.330 e. The van der Waals surface area contributed by atoms with Gasteiger partial charge in [-0.05, 0) is 48.5 Å². The second-order valence-electron chi connectivity index (χ2n) is 6.87. The first-order valence-corrected chi connectivity index (χ1v) is 10.1. The van der Waals surface area contributed by atoms with Gasteiger partial charge in [0.2, 0.25) is 0 Å². The van der Waals surface area contributed by atoms with Crippen LogP contribution in [0.5, 0.6) is 0 Å². The molecule has 0 aliphatic rings. The van der Waals surface area contributed by atoms with Gasteiger partial charge in [-0.1, -0.05) is 84.6 Å². The Morgan fingerprint density at radius 2 is 0.600 bits per heavy atom. The molecule has 0 saturated carbocycles. The lowest BCUT2D eigenvalue weighted by molar-refractivity contribution is 1.10. The monoisotopic (exact) mass is 388 g/mol. The van der Waals surface area contributed by atoms with Crippen molar-refractivity contribution in [1.29, 1.82) is 0 Å².